The highest BCUT2D eigenvalue weighted by Gasteiger charge is 2.16. The van der Waals surface area contributed by atoms with Gasteiger partial charge in [-0.25, -0.2) is 4.98 Å². The van der Waals surface area contributed by atoms with E-state index in [4.69, 9.17) is 10.3 Å². The molecule has 0 unspecified atom stereocenters. The molecule has 2 aromatic rings. The molecule has 3 N–H and O–H groups in total. The van der Waals surface area contributed by atoms with Crippen LogP contribution in [0.25, 0.3) is 0 Å². The minimum Gasteiger partial charge on any atom is -0.348 e. The molecule has 7 heteroatoms. The maximum Gasteiger partial charge on any atom is 0.265 e. The van der Waals surface area contributed by atoms with Crippen molar-refractivity contribution in [2.45, 2.75) is 12.5 Å². The number of anilines is 1. The van der Waals surface area contributed by atoms with Gasteiger partial charge < -0.3 is 20.1 Å². The van der Waals surface area contributed by atoms with Gasteiger partial charge >= 0.3 is 0 Å². The minimum absolute atomic E-state index is 0.318. The van der Waals surface area contributed by atoms with Gasteiger partial charge in [0.1, 0.15) is 0 Å². The number of nitrogens with zero attached hydrogens (tertiary/aromatic N) is 4. The molecule has 0 amide bonds. The van der Waals surface area contributed by atoms with Crippen LogP contribution in [0, 0.1) is 0 Å². The summed E-state index contributed by atoms with van der Waals surface area (Å²) in [6.45, 7) is 0. The van der Waals surface area contributed by atoms with Crippen LogP contribution in [0.2, 0.25) is 0 Å². The number of H-pyrrole nitrogens is 1. The second kappa shape index (κ2) is 4.31. The first kappa shape index (κ1) is 10.6. The molecule has 1 atom stereocenters. The van der Waals surface area contributed by atoms with E-state index >= 15 is 0 Å². The molecule has 0 aliphatic rings. The molecular weight excluding hydrogens is 208 g/mol. The van der Waals surface area contributed by atoms with E-state index in [1.807, 2.05) is 14.1 Å². The van der Waals surface area contributed by atoms with Crippen LogP contribution >= 0.6 is 0 Å². The Balaban J connectivity index is 2.06. The highest BCUT2D eigenvalue weighted by atomic mass is 16.5. The molecule has 0 spiro atoms. The van der Waals surface area contributed by atoms with Crippen molar-refractivity contribution in [2.75, 3.05) is 19.0 Å². The van der Waals surface area contributed by atoms with Crippen molar-refractivity contribution < 1.29 is 4.52 Å². The first-order valence-corrected chi connectivity index (χ1v) is 4.90. The lowest BCUT2D eigenvalue weighted by atomic mass is 10.2. The van der Waals surface area contributed by atoms with Gasteiger partial charge in [0.2, 0.25) is 5.89 Å². The Bertz CT molecular complexity index is 435. The lowest BCUT2D eigenvalue weighted by Gasteiger charge is -2.04. The summed E-state index contributed by atoms with van der Waals surface area (Å²) < 4.78 is 5.07. The van der Waals surface area contributed by atoms with Crippen LogP contribution in [0.1, 0.15) is 17.6 Å². The zero-order valence-corrected chi connectivity index (χ0v) is 9.21. The average Bonchev–Trinajstić information content (AvgIpc) is 2.86. The first-order chi connectivity index (χ1) is 7.66. The van der Waals surface area contributed by atoms with E-state index in [-0.39, 0.29) is 6.04 Å². The van der Waals surface area contributed by atoms with Crippen molar-refractivity contribution >= 4 is 5.95 Å². The molecule has 0 bridgehead atoms. The number of hydrogen-bond acceptors (Lipinski definition) is 6. The second-order valence-electron chi connectivity index (χ2n) is 3.71. The predicted molar refractivity (Wildman–Crippen MR) is 57.8 cm³/mol. The van der Waals surface area contributed by atoms with E-state index in [1.54, 1.807) is 17.4 Å². The third-order valence-corrected chi connectivity index (χ3v) is 2.14. The molecule has 0 aliphatic carbocycles. The Labute approximate surface area is 92.7 Å². The molecule has 2 heterocycles. The van der Waals surface area contributed by atoms with E-state index in [9.17, 15) is 0 Å². The SMILES string of the molecule is CN(C)c1noc([C@@H](N)Cc2cnc[nH]2)n1. The molecule has 2 rings (SSSR count). The summed E-state index contributed by atoms with van der Waals surface area (Å²) in [5.41, 5.74) is 6.88. The van der Waals surface area contributed by atoms with Crippen LogP contribution in [-0.4, -0.2) is 34.2 Å². The highest BCUT2D eigenvalue weighted by Crippen LogP contribution is 2.15. The fraction of sp³-hybridized carbons (Fsp3) is 0.444. The van der Waals surface area contributed by atoms with Crippen molar-refractivity contribution in [3.8, 4) is 0 Å². The standard InChI is InChI=1S/C9H14N6O/c1-15(2)9-13-8(16-14-9)7(10)3-6-4-11-5-12-6/h4-5,7H,3,10H2,1-2H3,(H,11,12)/t7-/m0/s1. The molecule has 0 fully saturated rings. The van der Waals surface area contributed by atoms with Crippen molar-refractivity contribution in [1.82, 2.24) is 20.1 Å². The number of nitrogens with one attached hydrogen (secondary N) is 1. The molecule has 0 saturated carbocycles. The summed E-state index contributed by atoms with van der Waals surface area (Å²) >= 11 is 0. The maximum absolute atomic E-state index is 5.94. The monoisotopic (exact) mass is 222 g/mol. The molecule has 0 radical (unpaired) electrons. The van der Waals surface area contributed by atoms with Crippen molar-refractivity contribution in [2.24, 2.45) is 5.73 Å². The zero-order valence-electron chi connectivity index (χ0n) is 9.21. The van der Waals surface area contributed by atoms with E-state index in [2.05, 4.69) is 20.1 Å². The number of rotatable bonds is 4. The Kier molecular flexibility index (Phi) is 2.86. The molecule has 16 heavy (non-hydrogen) atoms. The van der Waals surface area contributed by atoms with Gasteiger partial charge in [-0.2, -0.15) is 4.98 Å². The summed E-state index contributed by atoms with van der Waals surface area (Å²) in [4.78, 5) is 12.8. The van der Waals surface area contributed by atoms with Gasteiger partial charge in [-0.1, -0.05) is 0 Å². The molecule has 86 valence electrons. The second-order valence-corrected chi connectivity index (χ2v) is 3.71. The normalized spacial score (nSPS) is 12.7. The number of aromatic amines is 1. The summed E-state index contributed by atoms with van der Waals surface area (Å²) in [6.07, 6.45) is 3.93. The van der Waals surface area contributed by atoms with Gasteiger partial charge in [0.25, 0.3) is 5.95 Å². The van der Waals surface area contributed by atoms with E-state index in [0.29, 0.717) is 18.3 Å². The van der Waals surface area contributed by atoms with Crippen LogP contribution in [-0.2, 0) is 6.42 Å². The molecule has 7 nitrogen and oxygen atoms in total. The number of hydrogen-bond donors (Lipinski definition) is 2. The predicted octanol–water partition coefficient (Wildman–Crippen LogP) is 0.101. The summed E-state index contributed by atoms with van der Waals surface area (Å²) in [6, 6.07) is -0.318. The Morgan fingerprint density at radius 1 is 1.56 bits per heavy atom. The van der Waals surface area contributed by atoms with Crippen LogP contribution in [0.5, 0.6) is 0 Å². The van der Waals surface area contributed by atoms with E-state index in [0.717, 1.165) is 5.69 Å². The third-order valence-electron chi connectivity index (χ3n) is 2.14. The average molecular weight is 222 g/mol. The number of aromatic nitrogens is 4. The van der Waals surface area contributed by atoms with Gasteiger partial charge in [-0.15, -0.1) is 0 Å². The maximum atomic E-state index is 5.94. The lowest BCUT2D eigenvalue weighted by molar-refractivity contribution is 0.353. The van der Waals surface area contributed by atoms with Gasteiger partial charge in [-0.3, -0.25) is 0 Å². The Morgan fingerprint density at radius 3 is 2.94 bits per heavy atom. The summed E-state index contributed by atoms with van der Waals surface area (Å²) in [5.74, 6) is 0.952. The van der Waals surface area contributed by atoms with Gasteiger partial charge in [0.05, 0.1) is 12.4 Å². The van der Waals surface area contributed by atoms with Crippen molar-refractivity contribution in [1.29, 1.82) is 0 Å². The van der Waals surface area contributed by atoms with Crippen LogP contribution in [0.15, 0.2) is 17.0 Å². The zero-order chi connectivity index (χ0) is 11.5. The highest BCUT2D eigenvalue weighted by molar-refractivity contribution is 5.24. The van der Waals surface area contributed by atoms with Crippen LogP contribution < -0.4 is 10.6 Å². The topological polar surface area (TPSA) is 96.9 Å². The fourth-order valence-corrected chi connectivity index (χ4v) is 1.28. The van der Waals surface area contributed by atoms with Gasteiger partial charge in [0, 0.05) is 32.4 Å². The van der Waals surface area contributed by atoms with E-state index in [1.165, 1.54) is 0 Å². The molecule has 0 aromatic carbocycles. The Morgan fingerprint density at radius 2 is 2.38 bits per heavy atom. The van der Waals surface area contributed by atoms with E-state index < -0.39 is 0 Å². The fourth-order valence-electron chi connectivity index (χ4n) is 1.28. The molecule has 2 aromatic heterocycles. The van der Waals surface area contributed by atoms with Crippen molar-refractivity contribution in [3.63, 3.8) is 0 Å². The smallest absolute Gasteiger partial charge is 0.265 e. The number of imidazole rings is 1. The lowest BCUT2D eigenvalue weighted by Crippen LogP contribution is -2.15. The molecular formula is C9H14N6O. The minimum atomic E-state index is -0.318. The third kappa shape index (κ3) is 2.19. The molecule has 0 aliphatic heterocycles. The van der Waals surface area contributed by atoms with Crippen LogP contribution in [0.3, 0.4) is 0 Å². The quantitative estimate of drug-likeness (QED) is 0.761. The van der Waals surface area contributed by atoms with Gasteiger partial charge in [0.15, 0.2) is 0 Å². The van der Waals surface area contributed by atoms with Crippen LogP contribution in [0.4, 0.5) is 5.95 Å². The Hall–Kier alpha value is -1.89. The van der Waals surface area contributed by atoms with Gasteiger partial charge in [-0.05, 0) is 5.16 Å². The largest absolute Gasteiger partial charge is 0.348 e. The summed E-state index contributed by atoms with van der Waals surface area (Å²) in [5, 5.41) is 3.80. The van der Waals surface area contributed by atoms with Crippen molar-refractivity contribution in [3.05, 3.63) is 24.1 Å². The first-order valence-electron chi connectivity index (χ1n) is 4.90. The molecule has 0 saturated heterocycles. The summed E-state index contributed by atoms with van der Waals surface area (Å²) in [7, 11) is 3.68. The number of nitrogens with two attached hydrogens (primary N) is 1.